The van der Waals surface area contributed by atoms with Crippen LogP contribution in [0.2, 0.25) is 0 Å². The van der Waals surface area contributed by atoms with Crippen molar-refractivity contribution in [2.45, 2.75) is 19.4 Å². The highest BCUT2D eigenvalue weighted by atomic mass is 16.5. The number of aliphatic carboxylic acids is 1. The molecule has 20 heavy (non-hydrogen) atoms. The van der Waals surface area contributed by atoms with Gasteiger partial charge < -0.3 is 15.6 Å². The van der Waals surface area contributed by atoms with Crippen molar-refractivity contribution in [1.29, 1.82) is 0 Å². The number of carboxylic acid groups (broad SMARTS) is 1. The third-order valence-electron chi connectivity index (χ3n) is 2.91. The largest absolute Gasteiger partial charge is 0.481 e. The maximum Gasteiger partial charge on any atom is 0.305 e. The van der Waals surface area contributed by atoms with Gasteiger partial charge in [-0.05, 0) is 42.3 Å². The lowest BCUT2D eigenvalue weighted by Gasteiger charge is -2.12. The van der Waals surface area contributed by atoms with E-state index in [0.29, 0.717) is 5.75 Å². The summed E-state index contributed by atoms with van der Waals surface area (Å²) in [5.41, 5.74) is 7.71. The van der Waals surface area contributed by atoms with Crippen molar-refractivity contribution >= 4 is 5.97 Å². The van der Waals surface area contributed by atoms with Crippen LogP contribution < -0.4 is 10.5 Å². The van der Waals surface area contributed by atoms with E-state index < -0.39 is 12.0 Å². The summed E-state index contributed by atoms with van der Waals surface area (Å²) in [6.45, 7) is 1.99. The number of carbonyl (C=O) groups is 1. The Bertz CT molecular complexity index is 610. The molecule has 2 rings (SSSR count). The van der Waals surface area contributed by atoms with Gasteiger partial charge in [-0.3, -0.25) is 4.79 Å². The number of benzene rings is 2. The van der Waals surface area contributed by atoms with E-state index in [1.165, 1.54) is 0 Å². The smallest absolute Gasteiger partial charge is 0.305 e. The molecule has 0 saturated heterocycles. The zero-order valence-corrected chi connectivity index (χ0v) is 11.2. The molecule has 0 amide bonds. The number of carboxylic acids is 1. The van der Waals surface area contributed by atoms with Crippen LogP contribution >= 0.6 is 0 Å². The standard InChI is InChI=1S/C16H17NO3/c1-11-4-2-6-13(8-11)20-14-7-3-5-12(9-14)15(17)10-16(18)19/h2-9,15H,10,17H2,1H3,(H,18,19)/t15-/m0/s1. The molecule has 3 N–H and O–H groups in total. The van der Waals surface area contributed by atoms with Crippen molar-refractivity contribution in [3.63, 3.8) is 0 Å². The van der Waals surface area contributed by atoms with Crippen LogP contribution in [0.15, 0.2) is 48.5 Å². The molecule has 0 heterocycles. The predicted molar refractivity (Wildman–Crippen MR) is 76.9 cm³/mol. The molecule has 4 heteroatoms. The molecule has 0 bridgehead atoms. The number of aryl methyl sites for hydroxylation is 1. The number of rotatable bonds is 5. The van der Waals surface area contributed by atoms with Crippen molar-refractivity contribution < 1.29 is 14.6 Å². The molecule has 0 aliphatic carbocycles. The van der Waals surface area contributed by atoms with Crippen molar-refractivity contribution in [3.05, 3.63) is 59.7 Å². The lowest BCUT2D eigenvalue weighted by Crippen LogP contribution is -2.14. The van der Waals surface area contributed by atoms with Crippen LogP contribution in [0.25, 0.3) is 0 Å². The van der Waals surface area contributed by atoms with Crippen LogP contribution in [0.3, 0.4) is 0 Å². The average Bonchev–Trinajstić information content (AvgIpc) is 2.38. The monoisotopic (exact) mass is 271 g/mol. The highest BCUT2D eigenvalue weighted by Gasteiger charge is 2.11. The van der Waals surface area contributed by atoms with Gasteiger partial charge in [0.15, 0.2) is 0 Å². The van der Waals surface area contributed by atoms with E-state index in [0.717, 1.165) is 16.9 Å². The maximum absolute atomic E-state index is 10.7. The van der Waals surface area contributed by atoms with Crippen LogP contribution in [0.5, 0.6) is 11.5 Å². The fourth-order valence-electron chi connectivity index (χ4n) is 1.93. The van der Waals surface area contributed by atoms with Gasteiger partial charge in [0.25, 0.3) is 0 Å². The van der Waals surface area contributed by atoms with Gasteiger partial charge in [-0.1, -0.05) is 24.3 Å². The summed E-state index contributed by atoms with van der Waals surface area (Å²) >= 11 is 0. The minimum atomic E-state index is -0.914. The van der Waals surface area contributed by atoms with Gasteiger partial charge in [0, 0.05) is 6.04 Å². The Morgan fingerprint density at radius 1 is 1.20 bits per heavy atom. The fraction of sp³-hybridized carbons (Fsp3) is 0.188. The first-order valence-electron chi connectivity index (χ1n) is 6.36. The van der Waals surface area contributed by atoms with Crippen molar-refractivity contribution in [2.24, 2.45) is 5.73 Å². The van der Waals surface area contributed by atoms with Crippen molar-refractivity contribution in [2.75, 3.05) is 0 Å². The Kier molecular flexibility index (Phi) is 4.38. The molecule has 0 unspecified atom stereocenters. The topological polar surface area (TPSA) is 72.5 Å². The molecule has 2 aromatic rings. The van der Waals surface area contributed by atoms with E-state index in [1.54, 1.807) is 12.1 Å². The first kappa shape index (κ1) is 14.1. The lowest BCUT2D eigenvalue weighted by atomic mass is 10.0. The summed E-state index contributed by atoms with van der Waals surface area (Å²) in [4.78, 5) is 10.7. The second-order valence-electron chi connectivity index (χ2n) is 4.70. The third kappa shape index (κ3) is 3.83. The molecular formula is C16H17NO3. The van der Waals surface area contributed by atoms with Gasteiger partial charge in [0.1, 0.15) is 11.5 Å². The summed E-state index contributed by atoms with van der Waals surface area (Å²) in [6, 6.07) is 14.4. The first-order chi connectivity index (χ1) is 9.54. The quantitative estimate of drug-likeness (QED) is 0.875. The number of hydrogen-bond acceptors (Lipinski definition) is 3. The Balaban J connectivity index is 2.15. The van der Waals surface area contributed by atoms with Crippen LogP contribution in [0, 0.1) is 6.92 Å². The molecule has 1 atom stereocenters. The number of hydrogen-bond donors (Lipinski definition) is 2. The summed E-state index contributed by atoms with van der Waals surface area (Å²) < 4.78 is 5.75. The van der Waals surface area contributed by atoms with Gasteiger partial charge in [-0.25, -0.2) is 0 Å². The van der Waals surface area contributed by atoms with Crippen LogP contribution in [-0.2, 0) is 4.79 Å². The summed E-state index contributed by atoms with van der Waals surface area (Å²) in [7, 11) is 0. The molecule has 0 aliphatic rings. The average molecular weight is 271 g/mol. The molecule has 104 valence electrons. The second-order valence-corrected chi connectivity index (χ2v) is 4.70. The molecule has 0 spiro atoms. The van der Waals surface area contributed by atoms with Crippen molar-refractivity contribution in [3.8, 4) is 11.5 Å². The molecule has 0 fully saturated rings. The van der Waals surface area contributed by atoms with E-state index in [2.05, 4.69) is 0 Å². The first-order valence-corrected chi connectivity index (χ1v) is 6.36. The molecule has 0 saturated carbocycles. The van der Waals surface area contributed by atoms with Gasteiger partial charge >= 0.3 is 5.97 Å². The van der Waals surface area contributed by atoms with Gasteiger partial charge in [-0.15, -0.1) is 0 Å². The van der Waals surface area contributed by atoms with Gasteiger partial charge in [0.2, 0.25) is 0 Å². The molecule has 4 nitrogen and oxygen atoms in total. The summed E-state index contributed by atoms with van der Waals surface area (Å²) in [5.74, 6) is 0.477. The van der Waals surface area contributed by atoms with E-state index >= 15 is 0 Å². The fourth-order valence-corrected chi connectivity index (χ4v) is 1.93. The molecular weight excluding hydrogens is 254 g/mol. The van der Waals surface area contributed by atoms with Crippen molar-refractivity contribution in [1.82, 2.24) is 0 Å². The number of ether oxygens (including phenoxy) is 1. The van der Waals surface area contributed by atoms with E-state index in [1.807, 2.05) is 43.3 Å². The molecule has 0 aromatic heterocycles. The third-order valence-corrected chi connectivity index (χ3v) is 2.91. The van der Waals surface area contributed by atoms with Gasteiger partial charge in [0.05, 0.1) is 6.42 Å². The highest BCUT2D eigenvalue weighted by molar-refractivity contribution is 5.67. The van der Waals surface area contributed by atoms with Gasteiger partial charge in [-0.2, -0.15) is 0 Å². The normalized spacial score (nSPS) is 11.9. The van der Waals surface area contributed by atoms with E-state index in [9.17, 15) is 4.79 Å². The lowest BCUT2D eigenvalue weighted by molar-refractivity contribution is -0.137. The summed E-state index contributed by atoms with van der Waals surface area (Å²) in [5, 5.41) is 8.77. The van der Waals surface area contributed by atoms with E-state index in [-0.39, 0.29) is 6.42 Å². The Labute approximate surface area is 117 Å². The summed E-state index contributed by atoms with van der Waals surface area (Å²) in [6.07, 6.45) is -0.103. The SMILES string of the molecule is Cc1cccc(Oc2cccc([C@@H](N)CC(=O)O)c2)c1. The molecule has 0 radical (unpaired) electrons. The van der Waals surface area contributed by atoms with Crippen LogP contribution in [-0.4, -0.2) is 11.1 Å². The predicted octanol–water partition coefficient (Wildman–Crippen LogP) is 3.26. The molecule has 2 aromatic carbocycles. The minimum absolute atomic E-state index is 0.103. The zero-order chi connectivity index (χ0) is 14.5. The minimum Gasteiger partial charge on any atom is -0.481 e. The Morgan fingerprint density at radius 3 is 2.50 bits per heavy atom. The Hall–Kier alpha value is -2.33. The Morgan fingerprint density at radius 2 is 1.85 bits per heavy atom. The van der Waals surface area contributed by atoms with Crippen LogP contribution in [0.1, 0.15) is 23.6 Å². The molecule has 0 aliphatic heterocycles. The maximum atomic E-state index is 10.7. The second kappa shape index (κ2) is 6.21. The zero-order valence-electron chi connectivity index (χ0n) is 11.2. The van der Waals surface area contributed by atoms with Crippen LogP contribution in [0.4, 0.5) is 0 Å². The highest BCUT2D eigenvalue weighted by Crippen LogP contribution is 2.25. The number of nitrogens with two attached hydrogens (primary N) is 1. The van der Waals surface area contributed by atoms with E-state index in [4.69, 9.17) is 15.6 Å².